The lowest BCUT2D eigenvalue weighted by molar-refractivity contribution is 0.156. The van der Waals surface area contributed by atoms with Gasteiger partial charge < -0.3 is 15.8 Å². The molecule has 0 radical (unpaired) electrons. The van der Waals surface area contributed by atoms with E-state index < -0.39 is 6.09 Å². The topological polar surface area (TPSA) is 64.3 Å². The van der Waals surface area contributed by atoms with E-state index in [1.54, 1.807) is 0 Å². The molecule has 5 heteroatoms. The van der Waals surface area contributed by atoms with Crippen molar-refractivity contribution in [1.29, 1.82) is 0 Å². The number of primary amides is 1. The Balaban J connectivity index is 2.29. The van der Waals surface area contributed by atoms with Gasteiger partial charge in [0.2, 0.25) is 0 Å². The molecule has 0 saturated carbocycles. The van der Waals surface area contributed by atoms with Crippen LogP contribution in [0, 0.1) is 0 Å². The maximum atomic E-state index is 10.3. The normalized spacial score (nSPS) is 12.4. The number of nitrogens with two attached hydrogens (primary N) is 1. The maximum absolute atomic E-state index is 10.3. The summed E-state index contributed by atoms with van der Waals surface area (Å²) in [7, 11) is 0. The third-order valence-corrected chi connectivity index (χ3v) is 3.67. The van der Waals surface area contributed by atoms with Crippen LogP contribution < -0.4 is 11.1 Å². The van der Waals surface area contributed by atoms with E-state index in [4.69, 9.17) is 5.73 Å². The van der Waals surface area contributed by atoms with Crippen molar-refractivity contribution in [3.8, 4) is 0 Å². The molecule has 0 aliphatic heterocycles. The van der Waals surface area contributed by atoms with Gasteiger partial charge in [-0.1, -0.05) is 6.92 Å². The molecule has 1 atom stereocenters. The maximum Gasteiger partial charge on any atom is 0.404 e. The Morgan fingerprint density at radius 1 is 1.62 bits per heavy atom. The van der Waals surface area contributed by atoms with Gasteiger partial charge in [0.15, 0.2) is 0 Å². The Hall–Kier alpha value is -1.07. The second-order valence-electron chi connectivity index (χ2n) is 3.50. The number of thiophene rings is 1. The predicted octanol–water partition coefficient (Wildman–Crippen LogP) is 2.06. The fourth-order valence-electron chi connectivity index (χ4n) is 1.34. The first-order valence-electron chi connectivity index (χ1n) is 5.37. The number of carbonyl (C=O) groups is 1. The summed E-state index contributed by atoms with van der Waals surface area (Å²) in [5.41, 5.74) is 4.85. The lowest BCUT2D eigenvalue weighted by Crippen LogP contribution is -2.25. The molecule has 16 heavy (non-hydrogen) atoms. The van der Waals surface area contributed by atoms with Crippen molar-refractivity contribution in [3.05, 3.63) is 21.9 Å². The lowest BCUT2D eigenvalue weighted by atomic mass is 10.2. The highest BCUT2D eigenvalue weighted by Gasteiger charge is 2.07. The summed E-state index contributed by atoms with van der Waals surface area (Å²) in [5, 5.41) is 3.27. The summed E-state index contributed by atoms with van der Waals surface area (Å²) in [6.07, 6.45) is 0.348. The Bertz CT molecular complexity index is 338. The number of hydrogen-bond donors (Lipinski definition) is 2. The van der Waals surface area contributed by atoms with Crippen molar-refractivity contribution in [3.63, 3.8) is 0 Å². The van der Waals surface area contributed by atoms with Gasteiger partial charge in [-0.15, -0.1) is 11.3 Å². The van der Waals surface area contributed by atoms with Crippen LogP contribution in [0.1, 0.15) is 29.6 Å². The van der Waals surface area contributed by atoms with E-state index in [-0.39, 0.29) is 6.04 Å². The van der Waals surface area contributed by atoms with Crippen LogP contribution in [0.2, 0.25) is 0 Å². The van der Waals surface area contributed by atoms with Crippen molar-refractivity contribution in [2.75, 3.05) is 13.2 Å². The molecule has 0 saturated heterocycles. The van der Waals surface area contributed by atoms with Crippen LogP contribution in [0.15, 0.2) is 12.1 Å². The Morgan fingerprint density at radius 2 is 2.38 bits per heavy atom. The van der Waals surface area contributed by atoms with Gasteiger partial charge in [0.25, 0.3) is 0 Å². The van der Waals surface area contributed by atoms with Gasteiger partial charge in [-0.3, -0.25) is 0 Å². The van der Waals surface area contributed by atoms with E-state index in [1.807, 2.05) is 11.3 Å². The zero-order chi connectivity index (χ0) is 12.0. The van der Waals surface area contributed by atoms with Gasteiger partial charge in [-0.05, 0) is 25.5 Å². The molecule has 1 amide bonds. The molecule has 0 fully saturated rings. The molecule has 1 aromatic heterocycles. The first kappa shape index (κ1) is 13.0. The van der Waals surface area contributed by atoms with Crippen LogP contribution in [0.5, 0.6) is 0 Å². The summed E-state index contributed by atoms with van der Waals surface area (Å²) in [6.45, 7) is 5.17. The molecule has 90 valence electrons. The Kier molecular flexibility index (Phi) is 5.28. The minimum absolute atomic E-state index is 0.279. The van der Waals surface area contributed by atoms with Gasteiger partial charge in [0.1, 0.15) is 6.61 Å². The molecule has 0 spiro atoms. The highest BCUT2D eigenvalue weighted by atomic mass is 32.1. The number of nitrogens with one attached hydrogen (secondary N) is 1. The Labute approximate surface area is 99.8 Å². The van der Waals surface area contributed by atoms with Crippen LogP contribution >= 0.6 is 11.3 Å². The zero-order valence-electron chi connectivity index (χ0n) is 9.66. The van der Waals surface area contributed by atoms with Crippen molar-refractivity contribution in [2.24, 2.45) is 5.73 Å². The zero-order valence-corrected chi connectivity index (χ0v) is 10.5. The average molecular weight is 242 g/mol. The third-order valence-electron chi connectivity index (χ3n) is 2.25. The van der Waals surface area contributed by atoms with E-state index in [0.29, 0.717) is 13.2 Å². The number of ether oxygens (including phenoxy) is 1. The molecule has 3 N–H and O–H groups in total. The minimum atomic E-state index is -0.723. The van der Waals surface area contributed by atoms with Gasteiger partial charge >= 0.3 is 6.09 Å². The molecule has 1 aromatic rings. The van der Waals surface area contributed by atoms with Crippen molar-refractivity contribution < 1.29 is 9.53 Å². The number of amides is 1. The van der Waals surface area contributed by atoms with Crippen molar-refractivity contribution in [1.82, 2.24) is 5.32 Å². The highest BCUT2D eigenvalue weighted by molar-refractivity contribution is 7.12. The molecule has 1 heterocycles. The van der Waals surface area contributed by atoms with Crippen LogP contribution in [0.4, 0.5) is 4.79 Å². The van der Waals surface area contributed by atoms with Gasteiger partial charge in [0, 0.05) is 22.3 Å². The van der Waals surface area contributed by atoms with Crippen LogP contribution in [-0.2, 0) is 11.2 Å². The average Bonchev–Trinajstić information content (AvgIpc) is 2.72. The third kappa shape index (κ3) is 4.20. The van der Waals surface area contributed by atoms with E-state index in [0.717, 1.165) is 6.42 Å². The van der Waals surface area contributed by atoms with Crippen molar-refractivity contribution in [2.45, 2.75) is 26.3 Å². The molecule has 0 aromatic carbocycles. The van der Waals surface area contributed by atoms with Crippen molar-refractivity contribution >= 4 is 17.4 Å². The van der Waals surface area contributed by atoms with Crippen LogP contribution in [0.25, 0.3) is 0 Å². The summed E-state index contributed by atoms with van der Waals surface area (Å²) < 4.78 is 4.63. The predicted molar refractivity (Wildman–Crippen MR) is 65.7 cm³/mol. The van der Waals surface area contributed by atoms with Gasteiger partial charge in [-0.25, -0.2) is 4.79 Å². The molecule has 0 aliphatic carbocycles. The molecule has 1 rings (SSSR count). The number of aryl methyl sites for hydroxylation is 1. The molecule has 0 bridgehead atoms. The molecular weight excluding hydrogens is 224 g/mol. The van der Waals surface area contributed by atoms with Gasteiger partial charge in [0.05, 0.1) is 0 Å². The van der Waals surface area contributed by atoms with Crippen LogP contribution in [0.3, 0.4) is 0 Å². The van der Waals surface area contributed by atoms with Crippen LogP contribution in [-0.4, -0.2) is 19.2 Å². The largest absolute Gasteiger partial charge is 0.448 e. The summed E-state index contributed by atoms with van der Waals surface area (Å²) in [4.78, 5) is 13.0. The second kappa shape index (κ2) is 6.50. The van der Waals surface area contributed by atoms with E-state index in [9.17, 15) is 4.79 Å². The fraction of sp³-hybridized carbons (Fsp3) is 0.545. The summed E-state index contributed by atoms with van der Waals surface area (Å²) in [6, 6.07) is 4.57. The second-order valence-corrected chi connectivity index (χ2v) is 4.70. The molecular formula is C11H18N2O2S. The lowest BCUT2D eigenvalue weighted by Gasteiger charge is -2.11. The quantitative estimate of drug-likeness (QED) is 0.750. The first-order chi connectivity index (χ1) is 7.63. The van der Waals surface area contributed by atoms with E-state index in [2.05, 4.69) is 36.0 Å². The Morgan fingerprint density at radius 3 is 2.94 bits per heavy atom. The summed E-state index contributed by atoms with van der Waals surface area (Å²) >= 11 is 1.81. The fourth-order valence-corrected chi connectivity index (χ4v) is 2.32. The first-order valence-corrected chi connectivity index (χ1v) is 6.19. The van der Waals surface area contributed by atoms with Gasteiger partial charge in [-0.2, -0.15) is 0 Å². The highest BCUT2D eigenvalue weighted by Crippen LogP contribution is 2.23. The number of rotatable bonds is 6. The minimum Gasteiger partial charge on any atom is -0.448 e. The number of carbonyl (C=O) groups excluding carboxylic acids is 1. The molecule has 4 nitrogen and oxygen atoms in total. The summed E-state index contributed by atoms with van der Waals surface area (Å²) in [5.74, 6) is 0. The molecule has 0 aliphatic rings. The van der Waals surface area contributed by atoms with E-state index >= 15 is 0 Å². The molecule has 1 unspecified atom stereocenters. The monoisotopic (exact) mass is 242 g/mol. The number of hydrogen-bond acceptors (Lipinski definition) is 4. The standard InChI is InChI=1S/C11H18N2O2S/c1-3-9-4-5-10(16-9)8(2)13-6-7-15-11(12)14/h4-5,8,13H,3,6-7H2,1-2H3,(H2,12,14). The SMILES string of the molecule is CCc1ccc(C(C)NCCOC(N)=O)s1. The van der Waals surface area contributed by atoms with E-state index in [1.165, 1.54) is 9.75 Å². The smallest absolute Gasteiger partial charge is 0.404 e.